The first-order valence-electron chi connectivity index (χ1n) is 9.35. The molecule has 0 saturated carbocycles. The molecule has 1 aliphatic rings. The number of carbonyl (C=O) groups is 1. The molecule has 3 heterocycles. The van der Waals surface area contributed by atoms with Gasteiger partial charge in [0.25, 0.3) is 5.91 Å². The molecule has 11 heteroatoms. The van der Waals surface area contributed by atoms with E-state index in [4.69, 9.17) is 14.2 Å². The Hall–Kier alpha value is -4.15. The molecule has 1 atom stereocenters. The summed E-state index contributed by atoms with van der Waals surface area (Å²) in [6.45, 7) is 1.78. The van der Waals surface area contributed by atoms with Crippen molar-refractivity contribution in [3.63, 3.8) is 0 Å². The van der Waals surface area contributed by atoms with Crippen molar-refractivity contribution in [2.24, 2.45) is 0 Å². The Kier molecular flexibility index (Phi) is 5.39. The number of nitrogens with zero attached hydrogens (tertiary/aromatic N) is 5. The largest absolute Gasteiger partial charge is 0.496 e. The number of aromatic nitrogens is 5. The summed E-state index contributed by atoms with van der Waals surface area (Å²) in [4.78, 5) is 17.5. The number of benzene rings is 1. The third-order valence-electron chi connectivity index (χ3n) is 4.90. The molecule has 0 bridgehead atoms. The van der Waals surface area contributed by atoms with Crippen molar-refractivity contribution >= 4 is 17.7 Å². The standard InChI is InChI=1S/C20H21N7O4/c1-11-17(19(28)23-16-7-5-6-8-21-16)18(27-20(22-11)24-25-26-27)12-9-14(30-3)15(31-4)10-13(12)29-2/h5-10,18H,1-4H3,(H,21,23,28)(H,22,24,26). The van der Waals surface area contributed by atoms with Gasteiger partial charge in [-0.2, -0.15) is 4.68 Å². The van der Waals surface area contributed by atoms with E-state index in [1.54, 1.807) is 43.5 Å². The van der Waals surface area contributed by atoms with Crippen LogP contribution >= 0.6 is 0 Å². The fourth-order valence-corrected chi connectivity index (χ4v) is 3.48. The lowest BCUT2D eigenvalue weighted by atomic mass is 9.93. The van der Waals surface area contributed by atoms with E-state index in [1.807, 2.05) is 0 Å². The molecule has 1 aliphatic heterocycles. The SMILES string of the molecule is COc1cc(OC)c(C2C(C(=O)Nc3ccccn3)=C(C)Nc3nnnn32)cc1OC. The average Bonchev–Trinajstić information content (AvgIpc) is 3.25. The summed E-state index contributed by atoms with van der Waals surface area (Å²) in [5.74, 6) is 1.93. The molecule has 1 amide bonds. The second-order valence-corrected chi connectivity index (χ2v) is 6.63. The molecule has 31 heavy (non-hydrogen) atoms. The molecule has 0 aliphatic carbocycles. The van der Waals surface area contributed by atoms with Gasteiger partial charge in [-0.15, -0.1) is 0 Å². The summed E-state index contributed by atoms with van der Waals surface area (Å²) in [7, 11) is 4.61. The van der Waals surface area contributed by atoms with Crippen LogP contribution in [0.4, 0.5) is 11.8 Å². The minimum Gasteiger partial charge on any atom is -0.496 e. The molecule has 0 radical (unpaired) electrons. The van der Waals surface area contributed by atoms with Crippen LogP contribution in [0.1, 0.15) is 18.5 Å². The lowest BCUT2D eigenvalue weighted by molar-refractivity contribution is -0.113. The number of rotatable bonds is 6. The van der Waals surface area contributed by atoms with E-state index in [-0.39, 0.29) is 5.91 Å². The highest BCUT2D eigenvalue weighted by atomic mass is 16.5. The molecule has 3 aromatic rings. The van der Waals surface area contributed by atoms with Crippen LogP contribution in [-0.4, -0.2) is 52.4 Å². The third-order valence-corrected chi connectivity index (χ3v) is 4.90. The topological polar surface area (TPSA) is 125 Å². The van der Waals surface area contributed by atoms with Gasteiger partial charge in [-0.25, -0.2) is 4.98 Å². The summed E-state index contributed by atoms with van der Waals surface area (Å²) < 4.78 is 18.0. The van der Waals surface area contributed by atoms with Gasteiger partial charge in [0.05, 0.1) is 26.9 Å². The summed E-state index contributed by atoms with van der Waals surface area (Å²) in [6, 6.07) is 8.03. The molecule has 0 fully saturated rings. The number of allylic oxidation sites excluding steroid dienone is 1. The van der Waals surface area contributed by atoms with Crippen LogP contribution < -0.4 is 24.8 Å². The maximum Gasteiger partial charge on any atom is 0.257 e. The predicted molar refractivity (Wildman–Crippen MR) is 111 cm³/mol. The summed E-state index contributed by atoms with van der Waals surface area (Å²) in [5.41, 5.74) is 1.62. The zero-order valence-electron chi connectivity index (χ0n) is 17.4. The minimum atomic E-state index is -0.690. The Bertz CT molecular complexity index is 1140. The van der Waals surface area contributed by atoms with E-state index in [2.05, 4.69) is 31.1 Å². The average molecular weight is 423 g/mol. The number of nitrogens with one attached hydrogen (secondary N) is 2. The van der Waals surface area contributed by atoms with Crippen molar-refractivity contribution in [3.05, 3.63) is 53.4 Å². The quantitative estimate of drug-likeness (QED) is 0.612. The van der Waals surface area contributed by atoms with Crippen LogP contribution in [0, 0.1) is 0 Å². The first-order valence-corrected chi connectivity index (χ1v) is 9.35. The molecule has 0 spiro atoms. The smallest absolute Gasteiger partial charge is 0.257 e. The van der Waals surface area contributed by atoms with Crippen molar-refractivity contribution in [1.29, 1.82) is 0 Å². The van der Waals surface area contributed by atoms with Crippen molar-refractivity contribution < 1.29 is 19.0 Å². The lowest BCUT2D eigenvalue weighted by Crippen LogP contribution is -2.32. The van der Waals surface area contributed by atoms with Crippen LogP contribution in [0.5, 0.6) is 17.2 Å². The number of fused-ring (bicyclic) bond motifs is 1. The number of hydrogen-bond donors (Lipinski definition) is 2. The number of anilines is 2. The van der Waals surface area contributed by atoms with Crippen LogP contribution in [-0.2, 0) is 4.79 Å². The fraction of sp³-hybridized carbons (Fsp3) is 0.250. The molecule has 0 saturated heterocycles. The molecule has 1 aromatic carbocycles. The summed E-state index contributed by atoms with van der Waals surface area (Å²) in [5, 5.41) is 17.8. The van der Waals surface area contributed by atoms with Crippen LogP contribution in [0.25, 0.3) is 0 Å². The molecular weight excluding hydrogens is 402 g/mol. The molecular formula is C20H21N7O4. The molecule has 2 aromatic heterocycles. The molecule has 4 rings (SSSR count). The molecule has 2 N–H and O–H groups in total. The number of hydrogen-bond acceptors (Lipinski definition) is 9. The zero-order valence-corrected chi connectivity index (χ0v) is 17.4. The Labute approximate surface area is 178 Å². The van der Waals surface area contributed by atoms with Gasteiger partial charge in [-0.05, 0) is 35.5 Å². The van der Waals surface area contributed by atoms with Crippen molar-refractivity contribution in [2.75, 3.05) is 32.0 Å². The van der Waals surface area contributed by atoms with Crippen molar-refractivity contribution in [3.8, 4) is 17.2 Å². The Morgan fingerprint density at radius 3 is 2.52 bits per heavy atom. The Morgan fingerprint density at radius 2 is 1.84 bits per heavy atom. The van der Waals surface area contributed by atoms with Gasteiger partial charge < -0.3 is 24.8 Å². The van der Waals surface area contributed by atoms with Gasteiger partial charge >= 0.3 is 0 Å². The van der Waals surface area contributed by atoms with Gasteiger partial charge in [0.1, 0.15) is 17.6 Å². The van der Waals surface area contributed by atoms with E-state index >= 15 is 0 Å². The van der Waals surface area contributed by atoms with Gasteiger partial charge in [0.15, 0.2) is 11.5 Å². The first kappa shape index (κ1) is 20.1. The van der Waals surface area contributed by atoms with Crippen molar-refractivity contribution in [2.45, 2.75) is 13.0 Å². The minimum absolute atomic E-state index is 0.355. The van der Waals surface area contributed by atoms with E-state index in [9.17, 15) is 4.79 Å². The van der Waals surface area contributed by atoms with Crippen LogP contribution in [0.15, 0.2) is 47.8 Å². The zero-order chi connectivity index (χ0) is 22.0. The molecule has 160 valence electrons. The van der Waals surface area contributed by atoms with Crippen LogP contribution in [0.3, 0.4) is 0 Å². The van der Waals surface area contributed by atoms with Crippen molar-refractivity contribution in [1.82, 2.24) is 25.2 Å². The van der Waals surface area contributed by atoms with E-state index in [0.29, 0.717) is 45.8 Å². The van der Waals surface area contributed by atoms with E-state index < -0.39 is 6.04 Å². The Morgan fingerprint density at radius 1 is 1.10 bits per heavy atom. The summed E-state index contributed by atoms with van der Waals surface area (Å²) >= 11 is 0. The normalized spacial score (nSPS) is 15.0. The second kappa shape index (κ2) is 8.30. The highest BCUT2D eigenvalue weighted by Gasteiger charge is 2.36. The Balaban J connectivity index is 1.86. The van der Waals surface area contributed by atoms with Gasteiger partial charge in [-0.1, -0.05) is 11.2 Å². The number of ether oxygens (including phenoxy) is 3. The monoisotopic (exact) mass is 423 g/mol. The number of carbonyl (C=O) groups excluding carboxylic acids is 1. The first-order chi connectivity index (χ1) is 15.1. The van der Waals surface area contributed by atoms with Gasteiger partial charge in [0, 0.05) is 23.5 Å². The lowest BCUT2D eigenvalue weighted by Gasteiger charge is -2.29. The number of amides is 1. The summed E-state index contributed by atoms with van der Waals surface area (Å²) in [6.07, 6.45) is 1.60. The maximum absolute atomic E-state index is 13.3. The van der Waals surface area contributed by atoms with Crippen LogP contribution in [0.2, 0.25) is 0 Å². The fourth-order valence-electron chi connectivity index (χ4n) is 3.48. The predicted octanol–water partition coefficient (Wildman–Crippen LogP) is 2.02. The second-order valence-electron chi connectivity index (χ2n) is 6.63. The van der Waals surface area contributed by atoms with E-state index in [0.717, 1.165) is 0 Å². The number of pyridine rings is 1. The van der Waals surface area contributed by atoms with Gasteiger partial charge in [0.2, 0.25) is 5.95 Å². The number of methoxy groups -OCH3 is 3. The molecule has 11 nitrogen and oxygen atoms in total. The third kappa shape index (κ3) is 3.61. The van der Waals surface area contributed by atoms with E-state index in [1.165, 1.54) is 26.0 Å². The molecule has 1 unspecified atom stereocenters. The highest BCUT2D eigenvalue weighted by Crippen LogP contribution is 2.43. The maximum atomic E-state index is 13.3. The number of tetrazole rings is 1. The highest BCUT2D eigenvalue weighted by molar-refractivity contribution is 6.05. The van der Waals surface area contributed by atoms with Gasteiger partial charge in [-0.3, -0.25) is 4.79 Å².